The molecule has 0 atom stereocenters. The zero-order chi connectivity index (χ0) is 12.5. The molecule has 2 aromatic heterocycles. The molecule has 0 N–H and O–H groups in total. The van der Waals surface area contributed by atoms with Gasteiger partial charge in [0.05, 0.1) is 11.9 Å². The van der Waals surface area contributed by atoms with Gasteiger partial charge < -0.3 is 0 Å². The van der Waals surface area contributed by atoms with Crippen LogP contribution in [0.15, 0.2) is 23.4 Å². The van der Waals surface area contributed by atoms with E-state index in [9.17, 15) is 8.42 Å². The first kappa shape index (κ1) is 12.3. The molecule has 0 aliphatic rings. The number of aryl methyl sites for hydroxylation is 1. The maximum atomic E-state index is 11.3. The molecule has 0 aliphatic heterocycles. The van der Waals surface area contributed by atoms with Crippen molar-refractivity contribution in [3.8, 4) is 0 Å². The van der Waals surface area contributed by atoms with Gasteiger partial charge in [-0.2, -0.15) is 5.10 Å². The van der Waals surface area contributed by atoms with Gasteiger partial charge >= 0.3 is 0 Å². The van der Waals surface area contributed by atoms with Crippen LogP contribution in [0, 0.1) is 0 Å². The third-order valence-electron chi connectivity index (χ3n) is 2.42. The summed E-state index contributed by atoms with van der Waals surface area (Å²) in [6.07, 6.45) is 4.10. The fourth-order valence-electron chi connectivity index (χ4n) is 1.55. The highest BCUT2D eigenvalue weighted by Gasteiger charge is 2.17. The van der Waals surface area contributed by atoms with Gasteiger partial charge in [0, 0.05) is 10.7 Å². The zero-order valence-electron chi connectivity index (χ0n) is 9.30. The molecule has 92 valence electrons. The van der Waals surface area contributed by atoms with E-state index >= 15 is 0 Å². The van der Waals surface area contributed by atoms with Gasteiger partial charge in [-0.15, -0.1) is 0 Å². The van der Waals surface area contributed by atoms with Crippen LogP contribution >= 0.6 is 10.7 Å². The lowest BCUT2D eigenvalue weighted by molar-refractivity contribution is 0.601. The number of nitrogens with zero attached hydrogens (tertiary/aromatic N) is 3. The number of halogens is 1. The van der Waals surface area contributed by atoms with Crippen LogP contribution in [0.4, 0.5) is 0 Å². The predicted molar refractivity (Wildman–Crippen MR) is 64.6 cm³/mol. The maximum absolute atomic E-state index is 11.3. The molecule has 17 heavy (non-hydrogen) atoms. The summed E-state index contributed by atoms with van der Waals surface area (Å²) in [7, 11) is 1.49. The molecule has 0 saturated carbocycles. The van der Waals surface area contributed by atoms with Crippen molar-refractivity contribution in [2.75, 3.05) is 0 Å². The van der Waals surface area contributed by atoms with Crippen molar-refractivity contribution in [3.05, 3.63) is 24.0 Å². The van der Waals surface area contributed by atoms with Crippen LogP contribution < -0.4 is 0 Å². The Morgan fingerprint density at radius 1 is 1.41 bits per heavy atom. The average Bonchev–Trinajstić information content (AvgIpc) is 2.68. The lowest BCUT2D eigenvalue weighted by atomic mass is 10.2. The Morgan fingerprint density at radius 2 is 2.18 bits per heavy atom. The van der Waals surface area contributed by atoms with Gasteiger partial charge in [-0.05, 0) is 25.0 Å². The molecule has 0 radical (unpaired) electrons. The van der Waals surface area contributed by atoms with Crippen LogP contribution in [0.1, 0.15) is 25.5 Å². The molecule has 0 unspecified atom stereocenters. The minimum atomic E-state index is -3.81. The molecular formula is C10H12ClN3O2S. The van der Waals surface area contributed by atoms with Crippen LogP contribution in [-0.2, 0) is 15.5 Å². The Morgan fingerprint density at radius 3 is 2.82 bits per heavy atom. The number of unbranched alkanes of at least 4 members (excludes halogenated alkanes) is 1. The molecule has 2 rings (SSSR count). The third kappa shape index (κ3) is 2.58. The minimum Gasteiger partial charge on any atom is -0.234 e. The molecule has 0 saturated heterocycles. The Labute approximate surface area is 104 Å². The normalized spacial score (nSPS) is 12.1. The Kier molecular flexibility index (Phi) is 3.35. The fraction of sp³-hybridized carbons (Fsp3) is 0.400. The second-order valence-corrected chi connectivity index (χ2v) is 6.25. The average molecular weight is 274 g/mol. The Hall–Kier alpha value is -1.14. The highest BCUT2D eigenvalue weighted by Crippen LogP contribution is 2.16. The summed E-state index contributed by atoms with van der Waals surface area (Å²) in [6.45, 7) is 2.09. The van der Waals surface area contributed by atoms with Crippen LogP contribution in [0.3, 0.4) is 0 Å². The lowest BCUT2D eigenvalue weighted by Gasteiger charge is -2.01. The summed E-state index contributed by atoms with van der Waals surface area (Å²) in [6, 6.07) is 3.59. The summed E-state index contributed by atoms with van der Waals surface area (Å²) >= 11 is 0. The van der Waals surface area contributed by atoms with E-state index in [4.69, 9.17) is 10.7 Å². The molecule has 0 amide bonds. The first-order valence-corrected chi connectivity index (χ1v) is 7.61. The number of hydrogen-bond acceptors (Lipinski definition) is 4. The fourth-order valence-corrected chi connectivity index (χ4v) is 2.38. The number of hydrogen-bond donors (Lipinski definition) is 0. The second kappa shape index (κ2) is 4.62. The van der Waals surface area contributed by atoms with E-state index in [1.165, 1.54) is 10.7 Å². The monoisotopic (exact) mass is 273 g/mol. The molecule has 0 aromatic carbocycles. The van der Waals surface area contributed by atoms with Crippen LogP contribution in [0.5, 0.6) is 0 Å². The highest BCUT2D eigenvalue weighted by molar-refractivity contribution is 8.13. The van der Waals surface area contributed by atoms with Crippen molar-refractivity contribution in [1.82, 2.24) is 14.6 Å². The van der Waals surface area contributed by atoms with E-state index in [0.29, 0.717) is 5.65 Å². The van der Waals surface area contributed by atoms with Crippen LogP contribution in [0.2, 0.25) is 0 Å². The van der Waals surface area contributed by atoms with Gasteiger partial charge in [0.25, 0.3) is 9.05 Å². The van der Waals surface area contributed by atoms with Crippen LogP contribution in [0.25, 0.3) is 5.65 Å². The Balaban J connectivity index is 2.51. The quantitative estimate of drug-likeness (QED) is 0.799. The van der Waals surface area contributed by atoms with Gasteiger partial charge in [0.15, 0.2) is 10.7 Å². The molecular weight excluding hydrogens is 262 g/mol. The summed E-state index contributed by atoms with van der Waals surface area (Å²) in [5.41, 5.74) is 1.31. The molecule has 7 heteroatoms. The second-order valence-electron chi connectivity index (χ2n) is 3.73. The van der Waals surface area contributed by atoms with Crippen molar-refractivity contribution in [1.29, 1.82) is 0 Å². The molecule has 0 bridgehead atoms. The summed E-state index contributed by atoms with van der Waals surface area (Å²) < 4.78 is 23.9. The first-order chi connectivity index (χ1) is 8.02. The van der Waals surface area contributed by atoms with Crippen molar-refractivity contribution in [2.45, 2.75) is 31.2 Å². The van der Waals surface area contributed by atoms with Gasteiger partial charge in [0.2, 0.25) is 0 Å². The number of imidazole rings is 1. The predicted octanol–water partition coefficient (Wildman–Crippen LogP) is 2.00. The van der Waals surface area contributed by atoms with Gasteiger partial charge in [-0.25, -0.2) is 17.9 Å². The largest absolute Gasteiger partial charge is 0.280 e. The van der Waals surface area contributed by atoms with E-state index in [2.05, 4.69) is 17.0 Å². The number of rotatable bonds is 4. The molecule has 5 nitrogen and oxygen atoms in total. The van der Waals surface area contributed by atoms with E-state index in [1.807, 2.05) is 6.07 Å². The van der Waals surface area contributed by atoms with Gasteiger partial charge in [0.1, 0.15) is 0 Å². The van der Waals surface area contributed by atoms with E-state index in [1.54, 1.807) is 6.07 Å². The first-order valence-electron chi connectivity index (χ1n) is 5.30. The molecule has 2 heterocycles. The van der Waals surface area contributed by atoms with Crippen molar-refractivity contribution >= 4 is 25.4 Å². The zero-order valence-corrected chi connectivity index (χ0v) is 10.9. The molecule has 0 fully saturated rings. The lowest BCUT2D eigenvalue weighted by Crippen LogP contribution is -2.03. The molecule has 0 spiro atoms. The SMILES string of the molecule is CCCCc1ccc2ncc(S(=O)(=O)Cl)n2n1. The van der Waals surface area contributed by atoms with Gasteiger partial charge in [-0.3, -0.25) is 0 Å². The van der Waals surface area contributed by atoms with E-state index in [0.717, 1.165) is 25.0 Å². The van der Waals surface area contributed by atoms with Gasteiger partial charge in [-0.1, -0.05) is 13.3 Å². The summed E-state index contributed by atoms with van der Waals surface area (Å²) in [4.78, 5) is 3.94. The minimum absolute atomic E-state index is 0.0903. The summed E-state index contributed by atoms with van der Waals surface area (Å²) in [5, 5.41) is 4.14. The van der Waals surface area contributed by atoms with E-state index < -0.39 is 9.05 Å². The smallest absolute Gasteiger partial charge is 0.234 e. The van der Waals surface area contributed by atoms with Crippen molar-refractivity contribution in [3.63, 3.8) is 0 Å². The molecule has 0 aliphatic carbocycles. The number of aromatic nitrogens is 3. The Bertz CT molecular complexity index is 636. The third-order valence-corrected chi connectivity index (χ3v) is 3.67. The summed E-state index contributed by atoms with van der Waals surface area (Å²) in [5.74, 6) is 0. The van der Waals surface area contributed by atoms with Crippen molar-refractivity contribution < 1.29 is 8.42 Å². The van der Waals surface area contributed by atoms with Crippen LogP contribution in [-0.4, -0.2) is 23.0 Å². The molecule has 2 aromatic rings. The van der Waals surface area contributed by atoms with E-state index in [-0.39, 0.29) is 5.03 Å². The topological polar surface area (TPSA) is 64.3 Å². The maximum Gasteiger partial charge on any atom is 0.280 e. The number of fused-ring (bicyclic) bond motifs is 1. The van der Waals surface area contributed by atoms with Crippen molar-refractivity contribution in [2.24, 2.45) is 0 Å². The highest BCUT2D eigenvalue weighted by atomic mass is 35.7. The standard InChI is InChI=1S/C10H12ClN3O2S/c1-2-3-4-8-5-6-9-12-7-10(14(9)13-8)17(11,15)16/h5-7H,2-4H2,1H3.